The maximum absolute atomic E-state index is 11.5. The molecule has 0 saturated heterocycles. The Balaban J connectivity index is 2.05. The van der Waals surface area contributed by atoms with Crippen LogP contribution in [0.15, 0.2) is 72.0 Å². The Morgan fingerprint density at radius 3 is 2.24 bits per heavy atom. The average Bonchev–Trinajstić information content (AvgIpc) is 2.97. The van der Waals surface area contributed by atoms with Crippen molar-refractivity contribution in [1.29, 1.82) is 0 Å². The van der Waals surface area contributed by atoms with Gasteiger partial charge in [-0.25, -0.2) is 8.42 Å². The molecule has 0 atom stereocenters. The summed E-state index contributed by atoms with van der Waals surface area (Å²) in [5.74, 6) is 0. The molecule has 0 aliphatic carbocycles. The third kappa shape index (κ3) is 2.73. The molecule has 0 saturated carbocycles. The van der Waals surface area contributed by atoms with Crippen molar-refractivity contribution in [2.75, 3.05) is 6.26 Å². The lowest BCUT2D eigenvalue weighted by atomic mass is 10.2. The van der Waals surface area contributed by atoms with E-state index in [1.165, 1.54) is 6.26 Å². The predicted octanol–water partition coefficient (Wildman–Crippen LogP) is 2.94. The van der Waals surface area contributed by atoms with Crippen LogP contribution in [0.5, 0.6) is 0 Å². The van der Waals surface area contributed by atoms with Crippen LogP contribution in [0.3, 0.4) is 0 Å². The van der Waals surface area contributed by atoms with E-state index in [2.05, 4.69) is 4.98 Å². The van der Waals surface area contributed by atoms with Crippen molar-refractivity contribution in [3.63, 3.8) is 0 Å². The number of rotatable bonds is 3. The van der Waals surface area contributed by atoms with Crippen molar-refractivity contribution < 1.29 is 8.42 Å². The van der Waals surface area contributed by atoms with Crippen molar-refractivity contribution >= 4 is 9.84 Å². The summed E-state index contributed by atoms with van der Waals surface area (Å²) in [5.41, 5.74) is 3.01. The van der Waals surface area contributed by atoms with Crippen molar-refractivity contribution in [3.8, 4) is 16.9 Å². The summed E-state index contributed by atoms with van der Waals surface area (Å²) in [5, 5.41) is 0. The number of sulfone groups is 1. The normalized spacial score (nSPS) is 11.5. The Bertz CT molecular complexity index is 851. The van der Waals surface area contributed by atoms with Gasteiger partial charge in [0.2, 0.25) is 0 Å². The molecule has 0 N–H and O–H groups in total. The quantitative estimate of drug-likeness (QED) is 0.747. The predicted molar refractivity (Wildman–Crippen MR) is 82.1 cm³/mol. The number of hydrogen-bond acceptors (Lipinski definition) is 3. The van der Waals surface area contributed by atoms with Crippen LogP contribution in [0.4, 0.5) is 0 Å². The molecule has 0 bridgehead atoms. The first-order valence-corrected chi connectivity index (χ1v) is 8.33. The molecule has 0 aliphatic rings. The van der Waals surface area contributed by atoms with E-state index in [4.69, 9.17) is 0 Å². The van der Waals surface area contributed by atoms with E-state index in [1.807, 2.05) is 35.0 Å². The molecule has 0 unspecified atom stereocenters. The first-order valence-electron chi connectivity index (χ1n) is 6.44. The fourth-order valence-electron chi connectivity index (χ4n) is 2.22. The van der Waals surface area contributed by atoms with Crippen LogP contribution >= 0.6 is 0 Å². The Morgan fingerprint density at radius 2 is 1.62 bits per heavy atom. The van der Waals surface area contributed by atoms with E-state index in [-0.39, 0.29) is 0 Å². The van der Waals surface area contributed by atoms with E-state index in [0.29, 0.717) is 4.90 Å². The second kappa shape index (κ2) is 5.18. The summed E-state index contributed by atoms with van der Waals surface area (Å²) < 4.78 is 25.0. The molecule has 3 aromatic rings. The van der Waals surface area contributed by atoms with Gasteiger partial charge in [-0.1, -0.05) is 0 Å². The average molecular weight is 298 g/mol. The summed E-state index contributed by atoms with van der Waals surface area (Å²) in [7, 11) is -3.17. The number of pyridine rings is 1. The SMILES string of the molecule is CS(=O)(=O)c1ccc(-n2cccc2-c2ccncc2)cc1. The zero-order valence-electron chi connectivity index (χ0n) is 11.5. The van der Waals surface area contributed by atoms with Gasteiger partial charge in [0.15, 0.2) is 9.84 Å². The van der Waals surface area contributed by atoms with Gasteiger partial charge in [0, 0.05) is 36.1 Å². The molecule has 0 aliphatic heterocycles. The highest BCUT2D eigenvalue weighted by atomic mass is 32.2. The molecule has 0 fully saturated rings. The highest BCUT2D eigenvalue weighted by molar-refractivity contribution is 7.90. The monoisotopic (exact) mass is 298 g/mol. The summed E-state index contributed by atoms with van der Waals surface area (Å²) in [4.78, 5) is 4.34. The van der Waals surface area contributed by atoms with Crippen LogP contribution in [0.1, 0.15) is 0 Å². The van der Waals surface area contributed by atoms with Crippen LogP contribution < -0.4 is 0 Å². The van der Waals surface area contributed by atoms with Crippen LogP contribution in [0.2, 0.25) is 0 Å². The summed E-state index contributed by atoms with van der Waals surface area (Å²) in [6, 6.07) is 14.7. The van der Waals surface area contributed by atoms with Gasteiger partial charge >= 0.3 is 0 Å². The molecule has 0 spiro atoms. The standard InChI is InChI=1S/C16H14N2O2S/c1-21(19,20)15-6-4-14(5-7-15)18-12-2-3-16(18)13-8-10-17-11-9-13/h2-12H,1H3. The fourth-order valence-corrected chi connectivity index (χ4v) is 2.85. The van der Waals surface area contributed by atoms with Gasteiger partial charge in [0.05, 0.1) is 10.6 Å². The van der Waals surface area contributed by atoms with Gasteiger partial charge in [-0.15, -0.1) is 0 Å². The minimum absolute atomic E-state index is 0.323. The molecule has 2 heterocycles. The maximum atomic E-state index is 11.5. The van der Waals surface area contributed by atoms with Crippen molar-refractivity contribution in [3.05, 3.63) is 67.1 Å². The molecule has 21 heavy (non-hydrogen) atoms. The smallest absolute Gasteiger partial charge is 0.175 e. The zero-order valence-corrected chi connectivity index (χ0v) is 12.3. The van der Waals surface area contributed by atoms with Gasteiger partial charge in [0.1, 0.15) is 0 Å². The molecule has 1 aromatic carbocycles. The third-order valence-corrected chi connectivity index (χ3v) is 4.40. The molecule has 2 aromatic heterocycles. The van der Waals surface area contributed by atoms with Gasteiger partial charge in [-0.05, 0) is 48.5 Å². The zero-order chi connectivity index (χ0) is 14.9. The third-order valence-electron chi connectivity index (χ3n) is 3.27. The minimum Gasteiger partial charge on any atom is -0.317 e. The first-order chi connectivity index (χ1) is 10.1. The number of nitrogens with zero attached hydrogens (tertiary/aromatic N) is 2. The fraction of sp³-hybridized carbons (Fsp3) is 0.0625. The maximum Gasteiger partial charge on any atom is 0.175 e. The van der Waals surface area contributed by atoms with Crippen molar-refractivity contribution in [2.24, 2.45) is 0 Å². The van der Waals surface area contributed by atoms with E-state index in [1.54, 1.807) is 36.7 Å². The molecule has 5 heteroatoms. The Hall–Kier alpha value is -2.40. The molecule has 4 nitrogen and oxygen atoms in total. The number of benzene rings is 1. The summed E-state index contributed by atoms with van der Waals surface area (Å²) in [6.45, 7) is 0. The van der Waals surface area contributed by atoms with E-state index in [0.717, 1.165) is 16.9 Å². The highest BCUT2D eigenvalue weighted by Gasteiger charge is 2.09. The lowest BCUT2D eigenvalue weighted by Gasteiger charge is -2.10. The molecule has 0 amide bonds. The summed E-state index contributed by atoms with van der Waals surface area (Å²) in [6.07, 6.45) is 6.66. The molecule has 0 radical (unpaired) electrons. The van der Waals surface area contributed by atoms with Gasteiger partial charge < -0.3 is 4.57 Å². The Morgan fingerprint density at radius 1 is 0.952 bits per heavy atom. The summed E-state index contributed by atoms with van der Waals surface area (Å²) >= 11 is 0. The van der Waals surface area contributed by atoms with E-state index >= 15 is 0 Å². The Labute approximate surface area is 123 Å². The number of aromatic nitrogens is 2. The molecule has 3 rings (SSSR count). The number of hydrogen-bond donors (Lipinski definition) is 0. The highest BCUT2D eigenvalue weighted by Crippen LogP contribution is 2.24. The second-order valence-electron chi connectivity index (χ2n) is 4.77. The van der Waals surface area contributed by atoms with Gasteiger partial charge in [-0.2, -0.15) is 0 Å². The van der Waals surface area contributed by atoms with Crippen LogP contribution in [0.25, 0.3) is 16.9 Å². The van der Waals surface area contributed by atoms with Crippen LogP contribution in [0, 0.1) is 0 Å². The molecular weight excluding hydrogens is 284 g/mol. The second-order valence-corrected chi connectivity index (χ2v) is 6.78. The molecular formula is C16H14N2O2S. The van der Waals surface area contributed by atoms with E-state index < -0.39 is 9.84 Å². The first kappa shape index (κ1) is 13.6. The largest absolute Gasteiger partial charge is 0.317 e. The van der Waals surface area contributed by atoms with Crippen LogP contribution in [-0.2, 0) is 9.84 Å². The molecule has 106 valence electrons. The lowest BCUT2D eigenvalue weighted by Crippen LogP contribution is -1.99. The topological polar surface area (TPSA) is 52.0 Å². The lowest BCUT2D eigenvalue weighted by molar-refractivity contribution is 0.602. The van der Waals surface area contributed by atoms with Gasteiger partial charge in [-0.3, -0.25) is 4.98 Å². The van der Waals surface area contributed by atoms with E-state index in [9.17, 15) is 8.42 Å². The Kier molecular flexibility index (Phi) is 3.35. The van der Waals surface area contributed by atoms with Crippen LogP contribution in [-0.4, -0.2) is 24.2 Å². The van der Waals surface area contributed by atoms with Crippen molar-refractivity contribution in [2.45, 2.75) is 4.90 Å². The van der Waals surface area contributed by atoms with Crippen molar-refractivity contribution in [1.82, 2.24) is 9.55 Å². The van der Waals surface area contributed by atoms with Gasteiger partial charge in [0.25, 0.3) is 0 Å². The minimum atomic E-state index is -3.17.